The second-order valence-electron chi connectivity index (χ2n) is 5.57. The molecule has 1 aromatic heterocycles. The normalized spacial score (nSPS) is 19.4. The molecule has 0 aromatic carbocycles. The van der Waals surface area contributed by atoms with E-state index >= 15 is 0 Å². The lowest BCUT2D eigenvalue weighted by molar-refractivity contribution is 0.279. The fraction of sp³-hybridized carbons (Fsp3) is 0.692. The zero-order chi connectivity index (χ0) is 12.5. The highest BCUT2D eigenvalue weighted by Gasteiger charge is 2.26. The standard InChI is InChI=1S/C13H22N4/c1-4-11-15-10(14)9-12(16-11)17-7-5-13(2,3)6-8-17/h9H,4-8H2,1-3H3,(H2,14,15,16). The SMILES string of the molecule is CCc1nc(N)cc(N2CCC(C)(C)CC2)n1. The highest BCUT2D eigenvalue weighted by Crippen LogP contribution is 2.31. The van der Waals surface area contributed by atoms with Gasteiger partial charge in [-0.1, -0.05) is 20.8 Å². The molecule has 0 radical (unpaired) electrons. The summed E-state index contributed by atoms with van der Waals surface area (Å²) in [6.07, 6.45) is 3.24. The predicted molar refractivity (Wildman–Crippen MR) is 71.1 cm³/mol. The first-order valence-corrected chi connectivity index (χ1v) is 6.38. The number of nitrogen functional groups attached to an aromatic ring is 1. The first-order valence-electron chi connectivity index (χ1n) is 6.38. The molecule has 2 N–H and O–H groups in total. The Balaban J connectivity index is 2.15. The van der Waals surface area contributed by atoms with E-state index in [1.165, 1.54) is 12.8 Å². The van der Waals surface area contributed by atoms with Crippen molar-refractivity contribution in [3.63, 3.8) is 0 Å². The van der Waals surface area contributed by atoms with Gasteiger partial charge in [-0.25, -0.2) is 9.97 Å². The van der Waals surface area contributed by atoms with Crippen molar-refractivity contribution in [1.82, 2.24) is 9.97 Å². The number of hydrogen-bond acceptors (Lipinski definition) is 4. The molecule has 2 rings (SSSR count). The smallest absolute Gasteiger partial charge is 0.134 e. The van der Waals surface area contributed by atoms with E-state index < -0.39 is 0 Å². The molecule has 4 heteroatoms. The molecule has 0 atom stereocenters. The van der Waals surface area contributed by atoms with Crippen LogP contribution in [0.4, 0.5) is 11.6 Å². The van der Waals surface area contributed by atoms with Crippen LogP contribution in [0.3, 0.4) is 0 Å². The van der Waals surface area contributed by atoms with E-state index in [1.54, 1.807) is 0 Å². The van der Waals surface area contributed by atoms with Crippen LogP contribution in [0.25, 0.3) is 0 Å². The minimum absolute atomic E-state index is 0.461. The molecular weight excluding hydrogens is 212 g/mol. The molecule has 17 heavy (non-hydrogen) atoms. The van der Waals surface area contributed by atoms with Crippen molar-refractivity contribution in [2.45, 2.75) is 40.0 Å². The summed E-state index contributed by atoms with van der Waals surface area (Å²) in [5.74, 6) is 2.41. The van der Waals surface area contributed by atoms with Crippen LogP contribution in [-0.4, -0.2) is 23.1 Å². The van der Waals surface area contributed by atoms with Crippen molar-refractivity contribution < 1.29 is 0 Å². The van der Waals surface area contributed by atoms with Crippen LogP contribution in [0.15, 0.2) is 6.07 Å². The van der Waals surface area contributed by atoms with E-state index in [-0.39, 0.29) is 0 Å². The molecule has 2 heterocycles. The van der Waals surface area contributed by atoms with Crippen LogP contribution >= 0.6 is 0 Å². The van der Waals surface area contributed by atoms with Gasteiger partial charge in [0.05, 0.1) is 0 Å². The number of aryl methyl sites for hydroxylation is 1. The zero-order valence-electron chi connectivity index (χ0n) is 11.0. The monoisotopic (exact) mass is 234 g/mol. The summed E-state index contributed by atoms with van der Waals surface area (Å²) in [6, 6.07) is 1.89. The molecule has 1 saturated heterocycles. The summed E-state index contributed by atoms with van der Waals surface area (Å²) in [6.45, 7) is 8.84. The Labute approximate surface area is 103 Å². The van der Waals surface area contributed by atoms with E-state index in [9.17, 15) is 0 Å². The molecular formula is C13H22N4. The Kier molecular flexibility index (Phi) is 3.22. The van der Waals surface area contributed by atoms with Crippen LogP contribution in [0, 0.1) is 5.41 Å². The Morgan fingerprint density at radius 2 is 1.94 bits per heavy atom. The summed E-state index contributed by atoms with van der Waals surface area (Å²) < 4.78 is 0. The van der Waals surface area contributed by atoms with Crippen molar-refractivity contribution in [2.75, 3.05) is 23.7 Å². The van der Waals surface area contributed by atoms with Gasteiger partial charge in [-0.2, -0.15) is 0 Å². The van der Waals surface area contributed by atoms with Gasteiger partial charge >= 0.3 is 0 Å². The van der Waals surface area contributed by atoms with Crippen molar-refractivity contribution in [3.05, 3.63) is 11.9 Å². The Morgan fingerprint density at radius 1 is 1.29 bits per heavy atom. The fourth-order valence-corrected chi connectivity index (χ4v) is 2.16. The predicted octanol–water partition coefficient (Wildman–Crippen LogP) is 2.25. The summed E-state index contributed by atoms with van der Waals surface area (Å²) >= 11 is 0. The summed E-state index contributed by atoms with van der Waals surface area (Å²) in [7, 11) is 0. The van der Waals surface area contributed by atoms with Crippen LogP contribution in [0.5, 0.6) is 0 Å². The van der Waals surface area contributed by atoms with Gasteiger partial charge in [0.2, 0.25) is 0 Å². The Morgan fingerprint density at radius 3 is 2.53 bits per heavy atom. The van der Waals surface area contributed by atoms with Gasteiger partial charge in [0, 0.05) is 25.6 Å². The third kappa shape index (κ3) is 2.87. The number of hydrogen-bond donors (Lipinski definition) is 1. The molecule has 94 valence electrons. The number of nitrogens with zero attached hydrogens (tertiary/aromatic N) is 3. The minimum atomic E-state index is 0.461. The topological polar surface area (TPSA) is 55.0 Å². The number of anilines is 2. The molecule has 0 amide bonds. The summed E-state index contributed by atoms with van der Waals surface area (Å²) in [4.78, 5) is 11.1. The first-order chi connectivity index (χ1) is 8.00. The number of nitrogens with two attached hydrogens (primary N) is 1. The van der Waals surface area contributed by atoms with Crippen LogP contribution in [0.1, 0.15) is 39.4 Å². The van der Waals surface area contributed by atoms with Crippen LogP contribution in [-0.2, 0) is 6.42 Å². The number of rotatable bonds is 2. The zero-order valence-corrected chi connectivity index (χ0v) is 11.0. The third-order valence-corrected chi connectivity index (χ3v) is 3.54. The van der Waals surface area contributed by atoms with Gasteiger partial charge < -0.3 is 10.6 Å². The Hall–Kier alpha value is -1.32. The second kappa shape index (κ2) is 4.51. The maximum absolute atomic E-state index is 5.82. The van der Waals surface area contributed by atoms with Crippen molar-refractivity contribution in [2.24, 2.45) is 5.41 Å². The van der Waals surface area contributed by atoms with Gasteiger partial charge in [0.1, 0.15) is 17.5 Å². The molecule has 0 unspecified atom stereocenters. The van der Waals surface area contributed by atoms with Crippen LogP contribution in [0.2, 0.25) is 0 Å². The maximum Gasteiger partial charge on any atom is 0.134 e. The lowest BCUT2D eigenvalue weighted by Crippen LogP contribution is -2.38. The largest absolute Gasteiger partial charge is 0.384 e. The lowest BCUT2D eigenvalue weighted by Gasteiger charge is -2.37. The molecule has 1 fully saturated rings. The van der Waals surface area contributed by atoms with Gasteiger partial charge in [-0.05, 0) is 18.3 Å². The highest BCUT2D eigenvalue weighted by molar-refractivity contribution is 5.47. The lowest BCUT2D eigenvalue weighted by atomic mass is 9.83. The van der Waals surface area contributed by atoms with E-state index in [1.807, 2.05) is 6.07 Å². The summed E-state index contributed by atoms with van der Waals surface area (Å²) in [5, 5.41) is 0. The van der Waals surface area contributed by atoms with Crippen molar-refractivity contribution in [1.29, 1.82) is 0 Å². The average Bonchev–Trinajstić information content (AvgIpc) is 2.28. The molecule has 0 saturated carbocycles. The first kappa shape index (κ1) is 12.1. The van der Waals surface area contributed by atoms with E-state index in [0.717, 1.165) is 31.2 Å². The van der Waals surface area contributed by atoms with Gasteiger partial charge in [0.25, 0.3) is 0 Å². The minimum Gasteiger partial charge on any atom is -0.384 e. The van der Waals surface area contributed by atoms with E-state index in [2.05, 4.69) is 35.6 Å². The maximum atomic E-state index is 5.82. The molecule has 0 aliphatic carbocycles. The Bertz CT molecular complexity index is 390. The molecule has 4 nitrogen and oxygen atoms in total. The van der Waals surface area contributed by atoms with Crippen molar-refractivity contribution >= 4 is 11.6 Å². The van der Waals surface area contributed by atoms with Crippen LogP contribution < -0.4 is 10.6 Å². The molecule has 0 spiro atoms. The molecule has 0 bridgehead atoms. The molecule has 1 aliphatic rings. The quantitative estimate of drug-likeness (QED) is 0.852. The number of aromatic nitrogens is 2. The van der Waals surface area contributed by atoms with Gasteiger partial charge in [-0.3, -0.25) is 0 Å². The number of piperidine rings is 1. The van der Waals surface area contributed by atoms with E-state index in [4.69, 9.17) is 5.73 Å². The third-order valence-electron chi connectivity index (χ3n) is 3.54. The summed E-state index contributed by atoms with van der Waals surface area (Å²) in [5.41, 5.74) is 6.28. The van der Waals surface area contributed by atoms with E-state index in [0.29, 0.717) is 11.2 Å². The highest BCUT2D eigenvalue weighted by atomic mass is 15.2. The fourth-order valence-electron chi connectivity index (χ4n) is 2.16. The van der Waals surface area contributed by atoms with Gasteiger partial charge in [-0.15, -0.1) is 0 Å². The van der Waals surface area contributed by atoms with Gasteiger partial charge in [0.15, 0.2) is 0 Å². The average molecular weight is 234 g/mol. The molecule has 1 aliphatic heterocycles. The molecule has 1 aromatic rings. The second-order valence-corrected chi connectivity index (χ2v) is 5.57. The van der Waals surface area contributed by atoms with Crippen molar-refractivity contribution in [3.8, 4) is 0 Å².